The van der Waals surface area contributed by atoms with Crippen molar-refractivity contribution in [3.8, 4) is 16.9 Å². The van der Waals surface area contributed by atoms with E-state index in [9.17, 15) is 24.9 Å². The lowest BCUT2D eigenvalue weighted by Gasteiger charge is -2.38. The van der Waals surface area contributed by atoms with Crippen LogP contribution in [0.4, 0.5) is 0 Å². The molecule has 6 N–H and O–H groups in total. The third-order valence-corrected chi connectivity index (χ3v) is 9.54. The molecule has 1 heterocycles. The molecule has 53 heavy (non-hydrogen) atoms. The summed E-state index contributed by atoms with van der Waals surface area (Å²) in [5.41, 5.74) is 7.95. The zero-order chi connectivity index (χ0) is 37.6. The number of aliphatic hydroxyl groups excluding tert-OH is 2. The lowest BCUT2D eigenvalue weighted by molar-refractivity contribution is -0.252. The Morgan fingerprint density at radius 2 is 1.55 bits per heavy atom. The van der Waals surface area contributed by atoms with Crippen LogP contribution in [0.1, 0.15) is 91.3 Å². The van der Waals surface area contributed by atoms with Crippen LogP contribution in [0, 0.1) is 0 Å². The summed E-state index contributed by atoms with van der Waals surface area (Å²) in [4.78, 5) is 25.7. The number of nitrogens with one attached hydrogen (secondary N) is 2. The van der Waals surface area contributed by atoms with Crippen molar-refractivity contribution in [2.24, 2.45) is 0 Å². The first kappa shape index (κ1) is 39.6. The van der Waals surface area contributed by atoms with Gasteiger partial charge >= 0.3 is 0 Å². The Balaban J connectivity index is 1.22. The number of ether oxygens (including phenoxy) is 2. The third-order valence-electron chi connectivity index (χ3n) is 9.54. The third kappa shape index (κ3) is 11.9. The van der Waals surface area contributed by atoms with E-state index in [2.05, 4.69) is 5.32 Å². The van der Waals surface area contributed by atoms with Gasteiger partial charge in [0.25, 0.3) is 0 Å². The molecule has 0 radical (unpaired) electrons. The zero-order valence-electron chi connectivity index (χ0n) is 30.2. The molecular weight excluding hydrogens is 674 g/mol. The number of amides is 2. The van der Waals surface area contributed by atoms with E-state index >= 15 is 0 Å². The van der Waals surface area contributed by atoms with E-state index in [1.165, 1.54) is 0 Å². The SMILES string of the molecule is CN(C[C@@H]1C[C@H](c2ccc(CO)cc2)O[C@H](c2ccc(-c3ccccc3CNC(=O)CCCCCCC(=O)NO)cc2)O1)C[C@@H](O)c1cccc(O)c1. The number of carbonyl (C=O) groups excluding carboxylic acids is 2. The Labute approximate surface area is 311 Å². The first-order valence-electron chi connectivity index (χ1n) is 18.3. The number of aromatic hydroxyl groups is 1. The molecule has 2 amide bonds. The summed E-state index contributed by atoms with van der Waals surface area (Å²) in [7, 11) is 1.93. The van der Waals surface area contributed by atoms with Crippen molar-refractivity contribution in [3.63, 3.8) is 0 Å². The van der Waals surface area contributed by atoms with Gasteiger partial charge in [-0.25, -0.2) is 5.48 Å². The number of hydroxylamine groups is 1. The summed E-state index contributed by atoms with van der Waals surface area (Å²) in [6.07, 6.45) is 2.44. The maximum absolute atomic E-state index is 12.6. The van der Waals surface area contributed by atoms with Gasteiger partial charge < -0.3 is 35.0 Å². The van der Waals surface area contributed by atoms with Gasteiger partial charge in [-0.2, -0.15) is 0 Å². The van der Waals surface area contributed by atoms with Gasteiger partial charge in [0, 0.05) is 44.5 Å². The normalized spacial score (nSPS) is 17.7. The van der Waals surface area contributed by atoms with E-state index in [4.69, 9.17) is 14.7 Å². The van der Waals surface area contributed by atoms with Crippen LogP contribution < -0.4 is 10.8 Å². The molecule has 4 aromatic rings. The Hall–Kier alpha value is -4.62. The number of hydrogen-bond donors (Lipinski definition) is 6. The largest absolute Gasteiger partial charge is 0.508 e. The van der Waals surface area contributed by atoms with Crippen LogP contribution in [0.25, 0.3) is 11.1 Å². The van der Waals surface area contributed by atoms with Gasteiger partial charge in [-0.3, -0.25) is 14.8 Å². The Kier molecular flexibility index (Phi) is 14.9. The average Bonchev–Trinajstić information content (AvgIpc) is 3.18. The molecule has 0 saturated carbocycles. The highest BCUT2D eigenvalue weighted by molar-refractivity contribution is 5.76. The molecule has 4 aromatic carbocycles. The Morgan fingerprint density at radius 3 is 2.25 bits per heavy atom. The van der Waals surface area contributed by atoms with Crippen LogP contribution in [0.2, 0.25) is 0 Å². The molecule has 1 saturated heterocycles. The fourth-order valence-corrected chi connectivity index (χ4v) is 6.63. The second kappa shape index (κ2) is 20.0. The van der Waals surface area contributed by atoms with Crippen molar-refractivity contribution in [1.82, 2.24) is 15.7 Å². The number of benzene rings is 4. The number of carbonyl (C=O) groups is 2. The maximum atomic E-state index is 12.6. The van der Waals surface area contributed by atoms with E-state index in [1.54, 1.807) is 29.7 Å². The van der Waals surface area contributed by atoms with E-state index in [0.717, 1.165) is 52.6 Å². The molecular formula is C42H51N3O8. The van der Waals surface area contributed by atoms with Crippen LogP contribution in [0.15, 0.2) is 97.1 Å². The summed E-state index contributed by atoms with van der Waals surface area (Å²) >= 11 is 0. The summed E-state index contributed by atoms with van der Waals surface area (Å²) in [6.45, 7) is 1.26. The minimum absolute atomic E-state index is 0.0236. The quantitative estimate of drug-likeness (QED) is 0.0397. The van der Waals surface area contributed by atoms with Gasteiger partial charge in [0.15, 0.2) is 6.29 Å². The van der Waals surface area contributed by atoms with Crippen LogP contribution in [-0.2, 0) is 32.2 Å². The summed E-state index contributed by atoms with van der Waals surface area (Å²) in [6, 6.07) is 30.5. The van der Waals surface area contributed by atoms with Crippen LogP contribution in [0.3, 0.4) is 0 Å². The van der Waals surface area contributed by atoms with Gasteiger partial charge in [0.05, 0.1) is 24.9 Å². The number of aliphatic hydroxyl groups is 2. The highest BCUT2D eigenvalue weighted by Gasteiger charge is 2.33. The number of nitrogens with zero attached hydrogens (tertiary/aromatic N) is 1. The molecule has 4 atom stereocenters. The van der Waals surface area contributed by atoms with Gasteiger partial charge in [-0.15, -0.1) is 0 Å². The molecule has 0 aromatic heterocycles. The molecule has 1 fully saturated rings. The fraction of sp³-hybridized carbons (Fsp3) is 0.381. The second-order valence-corrected chi connectivity index (χ2v) is 13.7. The Morgan fingerprint density at radius 1 is 0.849 bits per heavy atom. The summed E-state index contributed by atoms with van der Waals surface area (Å²) in [5, 5.41) is 41.9. The number of hydrogen-bond acceptors (Lipinski definition) is 9. The standard InChI is InChI=1S/C42H51N3O8/c1-45(27-38(48)33-10-8-11-35(47)23-33)26-36-24-39(31-17-15-29(28-46)16-18-31)53-42(52-36)32-21-19-30(20-22-32)37-12-7-6-9-34(37)25-43-40(49)13-4-2-3-5-14-41(50)44-51/h6-12,15-23,36,38-39,42,46-48,51H,2-5,13-14,24-28H2,1H3,(H,43,49)(H,44,50)/t36-,38+,39+,42+/m0/s1. The first-order valence-corrected chi connectivity index (χ1v) is 18.3. The number of phenolic OH excluding ortho intramolecular Hbond substituents is 1. The first-order chi connectivity index (χ1) is 25.7. The van der Waals surface area contributed by atoms with Crippen LogP contribution in [0.5, 0.6) is 5.75 Å². The molecule has 0 unspecified atom stereocenters. The van der Waals surface area contributed by atoms with E-state index in [0.29, 0.717) is 44.5 Å². The molecule has 0 spiro atoms. The van der Waals surface area contributed by atoms with E-state index in [1.807, 2.05) is 84.7 Å². The molecule has 0 aliphatic carbocycles. The molecule has 0 bridgehead atoms. The highest BCUT2D eigenvalue weighted by atomic mass is 16.7. The maximum Gasteiger partial charge on any atom is 0.243 e. The van der Waals surface area contributed by atoms with Crippen molar-refractivity contribution in [2.45, 2.75) is 82.7 Å². The van der Waals surface area contributed by atoms with Crippen molar-refractivity contribution in [1.29, 1.82) is 0 Å². The number of likely N-dealkylation sites (N-methyl/N-ethyl adjacent to an activating group) is 1. The van der Waals surface area contributed by atoms with Gasteiger partial charge in [0.2, 0.25) is 11.8 Å². The van der Waals surface area contributed by atoms with Crippen LogP contribution >= 0.6 is 0 Å². The van der Waals surface area contributed by atoms with Gasteiger partial charge in [-0.1, -0.05) is 97.8 Å². The monoisotopic (exact) mass is 725 g/mol. The molecule has 11 nitrogen and oxygen atoms in total. The zero-order valence-corrected chi connectivity index (χ0v) is 30.2. The average molecular weight is 726 g/mol. The molecule has 5 rings (SSSR count). The molecule has 1 aliphatic heterocycles. The van der Waals surface area contributed by atoms with E-state index in [-0.39, 0.29) is 36.9 Å². The predicted octanol–water partition coefficient (Wildman–Crippen LogP) is 6.22. The minimum Gasteiger partial charge on any atom is -0.508 e. The Bertz CT molecular complexity index is 1750. The highest BCUT2D eigenvalue weighted by Crippen LogP contribution is 2.39. The molecule has 1 aliphatic rings. The topological polar surface area (TPSA) is 161 Å². The summed E-state index contributed by atoms with van der Waals surface area (Å²) < 4.78 is 13.1. The summed E-state index contributed by atoms with van der Waals surface area (Å²) in [5.74, 6) is -0.305. The van der Waals surface area contributed by atoms with Crippen molar-refractivity contribution in [3.05, 3.63) is 125 Å². The smallest absolute Gasteiger partial charge is 0.243 e. The molecule has 11 heteroatoms. The number of rotatable bonds is 18. The van der Waals surface area contributed by atoms with Crippen molar-refractivity contribution in [2.75, 3.05) is 20.1 Å². The number of unbranched alkanes of at least 4 members (excludes halogenated alkanes) is 3. The van der Waals surface area contributed by atoms with Crippen molar-refractivity contribution < 1.29 is 39.6 Å². The van der Waals surface area contributed by atoms with E-state index < -0.39 is 18.3 Å². The lowest BCUT2D eigenvalue weighted by Crippen LogP contribution is -2.39. The minimum atomic E-state index is -0.779. The molecule has 282 valence electrons. The van der Waals surface area contributed by atoms with Gasteiger partial charge in [-0.05, 0) is 65.4 Å². The fourth-order valence-electron chi connectivity index (χ4n) is 6.63. The van der Waals surface area contributed by atoms with Crippen LogP contribution in [-0.4, -0.2) is 63.5 Å². The predicted molar refractivity (Wildman–Crippen MR) is 200 cm³/mol. The van der Waals surface area contributed by atoms with Crippen molar-refractivity contribution >= 4 is 11.8 Å². The number of phenols is 1. The second-order valence-electron chi connectivity index (χ2n) is 13.7. The van der Waals surface area contributed by atoms with Gasteiger partial charge in [0.1, 0.15) is 5.75 Å². The lowest BCUT2D eigenvalue weighted by atomic mass is 9.97.